The van der Waals surface area contributed by atoms with Crippen molar-refractivity contribution in [3.05, 3.63) is 67.5 Å². The molecule has 0 unspecified atom stereocenters. The summed E-state index contributed by atoms with van der Waals surface area (Å²) in [7, 11) is 0. The molecule has 7 heteroatoms. The van der Waals surface area contributed by atoms with Crippen LogP contribution < -0.4 is 5.56 Å². The lowest BCUT2D eigenvalue weighted by Crippen LogP contribution is -2.17. The molecule has 5 nitrogen and oxygen atoms in total. The number of fused-ring (bicyclic) bond motifs is 1. The standard InChI is InChI=1S/C16H11ClN2O3S/c1-9-12(6-5-10-3-2-4-11(17)7-10)18-16-19(14(9)20)8-13(23-16)15(21)22/h2-8H,1H3,(H,21,22). The molecule has 1 aromatic carbocycles. The molecule has 116 valence electrons. The molecule has 0 radical (unpaired) electrons. The van der Waals surface area contributed by atoms with Crippen molar-refractivity contribution in [1.29, 1.82) is 0 Å². The van der Waals surface area contributed by atoms with E-state index in [4.69, 9.17) is 16.7 Å². The number of benzene rings is 1. The maximum Gasteiger partial charge on any atom is 0.347 e. The summed E-state index contributed by atoms with van der Waals surface area (Å²) >= 11 is 6.90. The van der Waals surface area contributed by atoms with Crippen molar-refractivity contribution in [2.45, 2.75) is 6.92 Å². The topological polar surface area (TPSA) is 71.7 Å². The second-order valence-corrected chi connectivity index (χ2v) is 6.31. The third kappa shape index (κ3) is 3.04. The monoisotopic (exact) mass is 346 g/mol. The van der Waals surface area contributed by atoms with Crippen LogP contribution in [0.15, 0.2) is 35.3 Å². The van der Waals surface area contributed by atoms with E-state index in [1.165, 1.54) is 10.6 Å². The van der Waals surface area contributed by atoms with Crippen LogP contribution in [0.3, 0.4) is 0 Å². The molecular weight excluding hydrogens is 336 g/mol. The Hall–Kier alpha value is -2.44. The van der Waals surface area contributed by atoms with Crippen molar-refractivity contribution < 1.29 is 9.90 Å². The molecule has 0 spiro atoms. The molecule has 2 heterocycles. The van der Waals surface area contributed by atoms with Crippen LogP contribution in [0.2, 0.25) is 5.02 Å². The molecule has 0 amide bonds. The Morgan fingerprint density at radius 1 is 1.39 bits per heavy atom. The first-order valence-corrected chi connectivity index (χ1v) is 7.85. The number of halogens is 1. The number of aromatic nitrogens is 2. The van der Waals surface area contributed by atoms with E-state index in [2.05, 4.69) is 4.98 Å². The van der Waals surface area contributed by atoms with Gasteiger partial charge < -0.3 is 5.11 Å². The Morgan fingerprint density at radius 3 is 2.87 bits per heavy atom. The zero-order chi connectivity index (χ0) is 16.6. The molecule has 0 saturated heterocycles. The van der Waals surface area contributed by atoms with E-state index in [9.17, 15) is 9.59 Å². The van der Waals surface area contributed by atoms with Crippen LogP contribution in [0.25, 0.3) is 17.1 Å². The normalized spacial score (nSPS) is 11.4. The molecule has 3 aromatic rings. The van der Waals surface area contributed by atoms with Gasteiger partial charge in [0.15, 0.2) is 4.96 Å². The highest BCUT2D eigenvalue weighted by atomic mass is 35.5. The van der Waals surface area contributed by atoms with Gasteiger partial charge in [-0.05, 0) is 30.7 Å². The Balaban J connectivity index is 2.09. The molecule has 2 aromatic heterocycles. The fourth-order valence-corrected chi connectivity index (χ4v) is 3.11. The van der Waals surface area contributed by atoms with Gasteiger partial charge in [-0.25, -0.2) is 9.78 Å². The van der Waals surface area contributed by atoms with E-state index in [1.807, 2.05) is 18.2 Å². The lowest BCUT2D eigenvalue weighted by molar-refractivity contribution is 0.0702. The summed E-state index contributed by atoms with van der Waals surface area (Å²) in [6.07, 6.45) is 4.83. The lowest BCUT2D eigenvalue weighted by Gasteiger charge is -2.00. The van der Waals surface area contributed by atoms with Gasteiger partial charge in [0.25, 0.3) is 5.56 Å². The van der Waals surface area contributed by atoms with Crippen molar-refractivity contribution in [3.63, 3.8) is 0 Å². The molecule has 23 heavy (non-hydrogen) atoms. The van der Waals surface area contributed by atoms with Crippen molar-refractivity contribution in [2.24, 2.45) is 0 Å². The summed E-state index contributed by atoms with van der Waals surface area (Å²) in [4.78, 5) is 28.2. The van der Waals surface area contributed by atoms with Crippen LogP contribution >= 0.6 is 22.9 Å². The Labute approximate surface area is 140 Å². The zero-order valence-electron chi connectivity index (χ0n) is 12.0. The molecule has 0 aliphatic carbocycles. The van der Waals surface area contributed by atoms with E-state index in [0.717, 1.165) is 16.9 Å². The highest BCUT2D eigenvalue weighted by molar-refractivity contribution is 7.18. The van der Waals surface area contributed by atoms with Gasteiger partial charge in [-0.15, -0.1) is 0 Å². The number of carbonyl (C=O) groups is 1. The van der Waals surface area contributed by atoms with Crippen LogP contribution in [0, 0.1) is 6.92 Å². The SMILES string of the molecule is Cc1c(C=Cc2cccc(Cl)c2)nc2sc(C(=O)O)cn2c1=O. The van der Waals surface area contributed by atoms with Crippen LogP contribution in [0.1, 0.15) is 26.5 Å². The van der Waals surface area contributed by atoms with Gasteiger partial charge in [0, 0.05) is 16.8 Å². The van der Waals surface area contributed by atoms with Gasteiger partial charge in [0.2, 0.25) is 0 Å². The van der Waals surface area contributed by atoms with Gasteiger partial charge in [-0.2, -0.15) is 0 Å². The molecule has 3 rings (SSSR count). The number of thiazole rings is 1. The number of aromatic carboxylic acids is 1. The first-order valence-electron chi connectivity index (χ1n) is 6.65. The van der Waals surface area contributed by atoms with E-state index in [1.54, 1.807) is 25.1 Å². The summed E-state index contributed by atoms with van der Waals surface area (Å²) in [6, 6.07) is 7.29. The van der Waals surface area contributed by atoms with Gasteiger partial charge in [-0.3, -0.25) is 9.20 Å². The molecule has 1 N–H and O–H groups in total. The second-order valence-electron chi connectivity index (χ2n) is 4.87. The average molecular weight is 347 g/mol. The van der Waals surface area contributed by atoms with Crippen molar-refractivity contribution in [1.82, 2.24) is 9.38 Å². The highest BCUT2D eigenvalue weighted by Gasteiger charge is 2.13. The molecule has 0 saturated carbocycles. The summed E-state index contributed by atoms with van der Waals surface area (Å²) in [5.41, 5.74) is 1.57. The molecule has 0 atom stereocenters. The largest absolute Gasteiger partial charge is 0.477 e. The molecule has 0 fully saturated rings. The predicted octanol–water partition coefficient (Wildman–Crippen LogP) is 3.59. The van der Waals surface area contributed by atoms with Crippen molar-refractivity contribution >= 4 is 46.0 Å². The summed E-state index contributed by atoms with van der Waals surface area (Å²) in [5.74, 6) is -1.08. The van der Waals surface area contributed by atoms with Crippen LogP contribution in [0.4, 0.5) is 0 Å². The number of hydrogen-bond donors (Lipinski definition) is 1. The summed E-state index contributed by atoms with van der Waals surface area (Å²) in [5, 5.41) is 9.66. The summed E-state index contributed by atoms with van der Waals surface area (Å²) in [6.45, 7) is 1.66. The lowest BCUT2D eigenvalue weighted by atomic mass is 10.1. The zero-order valence-corrected chi connectivity index (χ0v) is 13.6. The maximum atomic E-state index is 12.3. The third-order valence-electron chi connectivity index (χ3n) is 3.29. The number of nitrogens with zero attached hydrogens (tertiary/aromatic N) is 2. The fourth-order valence-electron chi connectivity index (χ4n) is 2.09. The van der Waals surface area contributed by atoms with Gasteiger partial charge in [0.1, 0.15) is 4.88 Å². The predicted molar refractivity (Wildman–Crippen MR) is 91.4 cm³/mol. The minimum atomic E-state index is -1.08. The average Bonchev–Trinajstić information content (AvgIpc) is 2.94. The first-order chi connectivity index (χ1) is 11.0. The van der Waals surface area contributed by atoms with Gasteiger partial charge >= 0.3 is 5.97 Å². The maximum absolute atomic E-state index is 12.3. The minimum Gasteiger partial charge on any atom is -0.477 e. The van der Waals surface area contributed by atoms with Crippen molar-refractivity contribution in [3.8, 4) is 0 Å². The van der Waals surface area contributed by atoms with E-state index < -0.39 is 5.97 Å². The fraction of sp³-hybridized carbons (Fsp3) is 0.0625. The third-order valence-corrected chi connectivity index (χ3v) is 4.49. The van der Waals surface area contributed by atoms with Gasteiger partial charge in [0.05, 0.1) is 5.69 Å². The van der Waals surface area contributed by atoms with E-state index in [-0.39, 0.29) is 10.4 Å². The first kappa shape index (κ1) is 15.5. The molecule has 0 aliphatic heterocycles. The number of rotatable bonds is 3. The second kappa shape index (κ2) is 5.98. The number of hydrogen-bond acceptors (Lipinski definition) is 4. The molecule has 0 bridgehead atoms. The Bertz CT molecular complexity index is 1000. The number of carboxylic acids is 1. The van der Waals surface area contributed by atoms with Crippen LogP contribution in [-0.4, -0.2) is 20.5 Å². The smallest absolute Gasteiger partial charge is 0.347 e. The number of carboxylic acid groups (broad SMARTS) is 1. The minimum absolute atomic E-state index is 0.0740. The Morgan fingerprint density at radius 2 is 2.17 bits per heavy atom. The molecular formula is C16H11ClN2O3S. The van der Waals surface area contributed by atoms with E-state index >= 15 is 0 Å². The highest BCUT2D eigenvalue weighted by Crippen LogP contribution is 2.18. The van der Waals surface area contributed by atoms with E-state index in [0.29, 0.717) is 21.2 Å². The molecule has 0 aliphatic rings. The van der Waals surface area contributed by atoms with Crippen LogP contribution in [0.5, 0.6) is 0 Å². The van der Waals surface area contributed by atoms with Gasteiger partial charge in [-0.1, -0.05) is 41.1 Å². The summed E-state index contributed by atoms with van der Waals surface area (Å²) < 4.78 is 1.26. The quantitative estimate of drug-likeness (QED) is 0.786. The van der Waals surface area contributed by atoms with Crippen molar-refractivity contribution in [2.75, 3.05) is 0 Å². The Kier molecular flexibility index (Phi) is 4.02. The van der Waals surface area contributed by atoms with Crippen LogP contribution in [-0.2, 0) is 0 Å².